The fourth-order valence-corrected chi connectivity index (χ4v) is 6.35. The average Bonchev–Trinajstić information content (AvgIpc) is 3.52. The second-order valence-corrected chi connectivity index (χ2v) is 10.8. The average molecular weight is 470 g/mol. The number of nitrogens with zero attached hydrogens (tertiary/aromatic N) is 2. The number of thioether (sulfide) groups is 1. The molecule has 1 atom stereocenters. The summed E-state index contributed by atoms with van der Waals surface area (Å²) in [6.07, 6.45) is 6.31. The van der Waals surface area contributed by atoms with Crippen LogP contribution < -0.4 is 15.6 Å². The number of nitrogens with one attached hydrogen (secondary N) is 1. The number of hydrogen-bond acceptors (Lipinski definition) is 6. The molecule has 0 bridgehead atoms. The van der Waals surface area contributed by atoms with Gasteiger partial charge in [0.25, 0.3) is 5.56 Å². The van der Waals surface area contributed by atoms with E-state index in [0.717, 1.165) is 60.2 Å². The summed E-state index contributed by atoms with van der Waals surface area (Å²) in [5.41, 5.74) is 1.86. The number of amides is 1. The van der Waals surface area contributed by atoms with Gasteiger partial charge < -0.3 is 10.1 Å². The van der Waals surface area contributed by atoms with Crippen molar-refractivity contribution in [2.75, 3.05) is 6.61 Å². The maximum absolute atomic E-state index is 13.8. The van der Waals surface area contributed by atoms with Gasteiger partial charge in [-0.05, 0) is 82.2 Å². The van der Waals surface area contributed by atoms with E-state index in [1.807, 2.05) is 38.1 Å². The van der Waals surface area contributed by atoms with Crippen LogP contribution in [-0.2, 0) is 17.6 Å². The van der Waals surface area contributed by atoms with Gasteiger partial charge in [-0.2, -0.15) is 0 Å². The molecule has 2 aromatic heterocycles. The van der Waals surface area contributed by atoms with Gasteiger partial charge in [-0.3, -0.25) is 14.2 Å². The third-order valence-electron chi connectivity index (χ3n) is 5.94. The van der Waals surface area contributed by atoms with Crippen LogP contribution in [0.4, 0.5) is 0 Å². The summed E-state index contributed by atoms with van der Waals surface area (Å²) < 4.78 is 7.24. The first-order valence-corrected chi connectivity index (χ1v) is 13.0. The third-order valence-corrected chi connectivity index (χ3v) is 8.18. The largest absolute Gasteiger partial charge is 0.494 e. The Labute approximate surface area is 195 Å². The molecule has 6 nitrogen and oxygen atoms in total. The van der Waals surface area contributed by atoms with E-state index in [4.69, 9.17) is 9.72 Å². The van der Waals surface area contributed by atoms with Crippen molar-refractivity contribution in [1.29, 1.82) is 0 Å². The van der Waals surface area contributed by atoms with Gasteiger partial charge in [0.15, 0.2) is 5.16 Å². The standard InChI is InChI=1S/C24H27N3O3S2/c1-3-30-17-12-10-16(11-13-17)27-23(29)20-18-6-4-5-7-19(18)32-22(20)26-24(27)31-14(2)21(28)25-15-8-9-15/h10-15H,3-9H2,1-2H3,(H,25,28). The fraction of sp³-hybridized carbons (Fsp3) is 0.458. The minimum absolute atomic E-state index is 0.00411. The minimum atomic E-state index is -0.344. The highest BCUT2D eigenvalue weighted by atomic mass is 32.2. The second-order valence-electron chi connectivity index (χ2n) is 8.40. The molecule has 0 aliphatic heterocycles. The fourth-order valence-electron chi connectivity index (χ4n) is 4.11. The Hall–Kier alpha value is -2.32. The van der Waals surface area contributed by atoms with Gasteiger partial charge in [0, 0.05) is 10.9 Å². The summed E-state index contributed by atoms with van der Waals surface area (Å²) in [6, 6.07) is 7.82. The van der Waals surface area contributed by atoms with Gasteiger partial charge in [0.05, 0.1) is 22.9 Å². The van der Waals surface area contributed by atoms with Crippen molar-refractivity contribution in [1.82, 2.24) is 14.9 Å². The Balaban J connectivity index is 1.60. The SMILES string of the molecule is CCOc1ccc(-n2c(SC(C)C(=O)NC3CC3)nc3sc4c(c3c2=O)CCCC4)cc1. The molecule has 1 amide bonds. The zero-order valence-electron chi connectivity index (χ0n) is 18.3. The van der Waals surface area contributed by atoms with Crippen LogP contribution in [0.3, 0.4) is 0 Å². The van der Waals surface area contributed by atoms with E-state index in [0.29, 0.717) is 17.8 Å². The van der Waals surface area contributed by atoms with E-state index in [-0.39, 0.29) is 16.7 Å². The van der Waals surface area contributed by atoms with Gasteiger partial charge >= 0.3 is 0 Å². The van der Waals surface area contributed by atoms with Crippen LogP contribution in [0, 0.1) is 0 Å². The van der Waals surface area contributed by atoms with Gasteiger partial charge in [-0.15, -0.1) is 11.3 Å². The maximum atomic E-state index is 13.8. The Kier molecular flexibility index (Phi) is 5.99. The topological polar surface area (TPSA) is 73.2 Å². The lowest BCUT2D eigenvalue weighted by Crippen LogP contribution is -2.33. The molecule has 1 N–H and O–H groups in total. The van der Waals surface area contributed by atoms with Gasteiger partial charge in [0.1, 0.15) is 10.6 Å². The summed E-state index contributed by atoms with van der Waals surface area (Å²) >= 11 is 2.99. The third kappa shape index (κ3) is 4.18. The molecule has 168 valence electrons. The molecular weight excluding hydrogens is 442 g/mol. The summed E-state index contributed by atoms with van der Waals surface area (Å²) in [7, 11) is 0. The Morgan fingerprint density at radius 2 is 2.03 bits per heavy atom. The van der Waals surface area contributed by atoms with E-state index < -0.39 is 0 Å². The molecule has 32 heavy (non-hydrogen) atoms. The van der Waals surface area contributed by atoms with E-state index in [1.54, 1.807) is 15.9 Å². The second kappa shape index (κ2) is 8.90. The minimum Gasteiger partial charge on any atom is -0.494 e. The molecule has 2 heterocycles. The van der Waals surface area contributed by atoms with Crippen molar-refractivity contribution < 1.29 is 9.53 Å². The first-order chi connectivity index (χ1) is 15.5. The summed E-state index contributed by atoms with van der Waals surface area (Å²) in [6.45, 7) is 4.40. The first-order valence-electron chi connectivity index (χ1n) is 11.3. The smallest absolute Gasteiger partial charge is 0.267 e. The molecule has 1 fully saturated rings. The van der Waals surface area contributed by atoms with E-state index >= 15 is 0 Å². The van der Waals surface area contributed by atoms with Crippen LogP contribution in [0.1, 0.15) is 50.0 Å². The lowest BCUT2D eigenvalue weighted by molar-refractivity contribution is -0.120. The number of benzene rings is 1. The molecule has 0 spiro atoms. The molecule has 0 radical (unpaired) electrons. The Morgan fingerprint density at radius 3 is 2.75 bits per heavy atom. The molecule has 1 saturated carbocycles. The van der Waals surface area contributed by atoms with Crippen molar-refractivity contribution in [3.05, 3.63) is 45.1 Å². The van der Waals surface area contributed by atoms with Crippen molar-refractivity contribution in [2.24, 2.45) is 0 Å². The molecule has 1 unspecified atom stereocenters. The number of carbonyl (C=O) groups is 1. The number of aromatic nitrogens is 2. The van der Waals surface area contributed by atoms with E-state index in [9.17, 15) is 9.59 Å². The van der Waals surface area contributed by atoms with Crippen LogP contribution in [0.2, 0.25) is 0 Å². The van der Waals surface area contributed by atoms with Crippen LogP contribution in [0.15, 0.2) is 34.2 Å². The zero-order chi connectivity index (χ0) is 22.2. The number of aryl methyl sites for hydroxylation is 2. The molecule has 3 aromatic rings. The number of rotatable bonds is 7. The van der Waals surface area contributed by atoms with Crippen LogP contribution in [0.25, 0.3) is 15.9 Å². The van der Waals surface area contributed by atoms with Crippen LogP contribution in [-0.4, -0.2) is 33.4 Å². The van der Waals surface area contributed by atoms with Crippen LogP contribution in [0.5, 0.6) is 5.75 Å². The van der Waals surface area contributed by atoms with Crippen LogP contribution >= 0.6 is 23.1 Å². The highest BCUT2D eigenvalue weighted by Gasteiger charge is 2.28. The van der Waals surface area contributed by atoms with E-state index in [2.05, 4.69) is 5.32 Å². The van der Waals surface area contributed by atoms with Gasteiger partial charge in [0.2, 0.25) is 5.91 Å². The molecule has 2 aliphatic rings. The number of fused-ring (bicyclic) bond motifs is 3. The number of ether oxygens (including phenoxy) is 1. The molecule has 0 saturated heterocycles. The number of hydrogen-bond donors (Lipinski definition) is 1. The van der Waals surface area contributed by atoms with Crippen molar-refractivity contribution in [3.8, 4) is 11.4 Å². The molecular formula is C24H27N3O3S2. The lowest BCUT2D eigenvalue weighted by Gasteiger charge is -2.16. The Morgan fingerprint density at radius 1 is 1.28 bits per heavy atom. The normalized spacial score (nSPS) is 16.6. The maximum Gasteiger partial charge on any atom is 0.267 e. The van der Waals surface area contributed by atoms with E-state index in [1.165, 1.54) is 22.2 Å². The number of carbonyl (C=O) groups excluding carboxylic acids is 1. The highest BCUT2D eigenvalue weighted by Crippen LogP contribution is 2.36. The van der Waals surface area contributed by atoms with Crippen molar-refractivity contribution in [3.63, 3.8) is 0 Å². The predicted molar refractivity (Wildman–Crippen MR) is 130 cm³/mol. The molecule has 1 aromatic carbocycles. The highest BCUT2D eigenvalue weighted by molar-refractivity contribution is 8.00. The predicted octanol–water partition coefficient (Wildman–Crippen LogP) is 4.48. The van der Waals surface area contributed by atoms with Crippen molar-refractivity contribution >= 4 is 39.2 Å². The lowest BCUT2D eigenvalue weighted by atomic mass is 9.97. The molecule has 2 aliphatic carbocycles. The monoisotopic (exact) mass is 469 g/mol. The summed E-state index contributed by atoms with van der Waals surface area (Å²) in [5.74, 6) is 0.758. The summed E-state index contributed by atoms with van der Waals surface area (Å²) in [4.78, 5) is 33.4. The van der Waals surface area contributed by atoms with Gasteiger partial charge in [-0.1, -0.05) is 11.8 Å². The quantitative estimate of drug-likeness (QED) is 0.408. The zero-order valence-corrected chi connectivity index (χ0v) is 20.0. The number of thiophene rings is 1. The summed E-state index contributed by atoms with van der Waals surface area (Å²) in [5, 5.41) is 4.02. The molecule has 8 heteroatoms. The van der Waals surface area contributed by atoms with Gasteiger partial charge in [-0.25, -0.2) is 4.98 Å². The first kappa shape index (κ1) is 21.5. The molecule has 5 rings (SSSR count). The van der Waals surface area contributed by atoms with Crippen molar-refractivity contribution in [2.45, 2.75) is 68.8 Å². The Bertz CT molecular complexity index is 1210.